The molecule has 0 aliphatic carbocycles. The Balaban J connectivity index is -0.000000114. The average molecular weight is 493 g/mol. The van der Waals surface area contributed by atoms with Gasteiger partial charge in [-0.2, -0.15) is 0 Å². The van der Waals surface area contributed by atoms with Crippen LogP contribution in [0.3, 0.4) is 0 Å². The fourth-order valence-corrected chi connectivity index (χ4v) is 2.57. The Kier molecular flexibility index (Phi) is 45.9. The summed E-state index contributed by atoms with van der Waals surface area (Å²) < 4.78 is 0. The van der Waals surface area contributed by atoms with Gasteiger partial charge in [0.25, 0.3) is 0 Å². The van der Waals surface area contributed by atoms with E-state index in [2.05, 4.69) is 106 Å². The third-order valence-corrected chi connectivity index (χ3v) is 5.37. The van der Waals surface area contributed by atoms with Crippen molar-refractivity contribution >= 4 is 18.1 Å². The maximum Gasteiger partial charge on any atom is -0.0196 e. The van der Waals surface area contributed by atoms with E-state index in [0.29, 0.717) is 5.92 Å². The molecule has 0 radical (unpaired) electrons. The summed E-state index contributed by atoms with van der Waals surface area (Å²) in [5.41, 5.74) is 3.82. The van der Waals surface area contributed by atoms with Gasteiger partial charge in [-0.25, -0.2) is 0 Å². The zero-order chi connectivity index (χ0) is 27.9. The molecule has 0 rings (SSSR count). The van der Waals surface area contributed by atoms with E-state index in [-0.39, 0.29) is 0 Å². The first-order valence-corrected chi connectivity index (χ1v) is 14.0. The van der Waals surface area contributed by atoms with Gasteiger partial charge in [0.2, 0.25) is 0 Å². The molecular formula is C33H64S. The van der Waals surface area contributed by atoms with Crippen molar-refractivity contribution in [2.45, 2.75) is 127 Å². The second-order valence-corrected chi connectivity index (χ2v) is 9.72. The van der Waals surface area contributed by atoms with Crippen LogP contribution >= 0.6 is 12.2 Å². The average Bonchev–Trinajstić information content (AvgIpc) is 2.80. The number of allylic oxidation sites excluding steroid dienone is 5. The Bertz CT molecular complexity index is 469. The van der Waals surface area contributed by atoms with E-state index in [9.17, 15) is 0 Å². The Hall–Kier alpha value is -1.21. The molecule has 0 fully saturated rings. The lowest BCUT2D eigenvalue weighted by Crippen LogP contribution is -1.95. The van der Waals surface area contributed by atoms with E-state index in [0.717, 1.165) is 11.8 Å². The van der Waals surface area contributed by atoms with E-state index in [1.807, 2.05) is 13.0 Å². The van der Waals surface area contributed by atoms with Crippen molar-refractivity contribution in [3.8, 4) is 0 Å². The van der Waals surface area contributed by atoms with Crippen LogP contribution in [0.5, 0.6) is 0 Å². The van der Waals surface area contributed by atoms with Crippen LogP contribution in [-0.4, -0.2) is 5.87 Å². The third-order valence-electron chi connectivity index (χ3n) is 5.37. The van der Waals surface area contributed by atoms with Crippen LogP contribution in [-0.2, 0) is 0 Å². The maximum atomic E-state index is 3.93. The first kappa shape index (κ1) is 42.9. The Morgan fingerprint density at radius 2 is 1.12 bits per heavy atom. The molecule has 0 spiro atoms. The molecule has 0 aliphatic heterocycles. The minimum absolute atomic E-state index is 0.624. The van der Waals surface area contributed by atoms with Gasteiger partial charge in [-0.15, -0.1) is 13.2 Å². The Morgan fingerprint density at radius 3 is 1.35 bits per heavy atom. The standard InChI is InChI=1S/C11H20.C10H20.C8H16.C3H6.CH2S/c1-5-7-8-9-11(4)10(3)6-2;1-5-6-7-8-10(4)9(2)3;1-7(2)5-6-8(3)4;1-3-2;1-2/h6,11H,2-3,5,7-9H2,1,4H3;10H,2,5-8H2,1,3-4H3;8H,1,5-6H2,2-4H3;3H,1H2,2H3;1H2. The van der Waals surface area contributed by atoms with Gasteiger partial charge in [-0.05, 0) is 70.1 Å². The van der Waals surface area contributed by atoms with Crippen LogP contribution < -0.4 is 0 Å². The van der Waals surface area contributed by atoms with Crippen LogP contribution in [0.4, 0.5) is 0 Å². The molecule has 34 heavy (non-hydrogen) atoms. The van der Waals surface area contributed by atoms with Gasteiger partial charge in [0, 0.05) is 0 Å². The van der Waals surface area contributed by atoms with Crippen LogP contribution in [0.2, 0.25) is 0 Å². The van der Waals surface area contributed by atoms with Gasteiger partial charge < -0.3 is 0 Å². The van der Waals surface area contributed by atoms with Gasteiger partial charge in [-0.3, -0.25) is 0 Å². The van der Waals surface area contributed by atoms with Crippen molar-refractivity contribution in [1.82, 2.24) is 0 Å². The lowest BCUT2D eigenvalue weighted by Gasteiger charge is -2.09. The van der Waals surface area contributed by atoms with Gasteiger partial charge in [-0.1, -0.05) is 141 Å². The molecule has 1 heteroatoms. The van der Waals surface area contributed by atoms with Gasteiger partial charge in [0.05, 0.1) is 0 Å². The fourth-order valence-electron chi connectivity index (χ4n) is 2.57. The van der Waals surface area contributed by atoms with Crippen molar-refractivity contribution < 1.29 is 0 Å². The van der Waals surface area contributed by atoms with Gasteiger partial charge in [0.15, 0.2) is 0 Å². The molecule has 2 atom stereocenters. The number of unbranched alkanes of at least 4 members (excludes halogenated alkanes) is 4. The molecule has 0 amide bonds. The molecule has 0 N–H and O–H groups in total. The molecule has 0 bridgehead atoms. The lowest BCUT2D eigenvalue weighted by atomic mass is 9.96. The first-order valence-electron chi connectivity index (χ1n) is 13.4. The summed E-state index contributed by atoms with van der Waals surface area (Å²) in [6, 6.07) is 0. The Morgan fingerprint density at radius 1 is 0.735 bits per heavy atom. The minimum atomic E-state index is 0.624. The molecule has 0 aliphatic rings. The quantitative estimate of drug-likeness (QED) is 0.100. The summed E-state index contributed by atoms with van der Waals surface area (Å²) in [4.78, 5) is 0. The summed E-state index contributed by atoms with van der Waals surface area (Å²) in [7, 11) is 0. The van der Waals surface area contributed by atoms with E-state index in [1.54, 1.807) is 6.08 Å². The summed E-state index contributed by atoms with van der Waals surface area (Å²) in [6.45, 7) is 38.3. The zero-order valence-electron chi connectivity index (χ0n) is 25.1. The number of hydrogen-bond donors (Lipinski definition) is 0. The summed E-state index contributed by atoms with van der Waals surface area (Å²) in [5.74, 6) is 5.01. The smallest absolute Gasteiger partial charge is 0.0196 e. The van der Waals surface area contributed by atoms with Crippen molar-refractivity contribution in [3.63, 3.8) is 0 Å². The highest BCUT2D eigenvalue weighted by Crippen LogP contribution is 2.17. The molecule has 202 valence electrons. The highest BCUT2D eigenvalue weighted by Gasteiger charge is 2.02. The highest BCUT2D eigenvalue weighted by molar-refractivity contribution is 7.77. The second kappa shape index (κ2) is 36.4. The normalized spacial score (nSPS) is 10.8. The van der Waals surface area contributed by atoms with Crippen LogP contribution in [0.25, 0.3) is 0 Å². The first-order chi connectivity index (χ1) is 15.9. The predicted molar refractivity (Wildman–Crippen MR) is 170 cm³/mol. The maximum absolute atomic E-state index is 3.93. The van der Waals surface area contributed by atoms with Gasteiger partial charge in [0.1, 0.15) is 0 Å². The summed E-state index contributed by atoms with van der Waals surface area (Å²) in [6.07, 6.45) is 16.7. The molecule has 2 unspecified atom stereocenters. The Labute approximate surface area is 223 Å². The van der Waals surface area contributed by atoms with Crippen molar-refractivity contribution in [2.24, 2.45) is 17.8 Å². The SMILES string of the molecule is C=C(C)C(C)CCCCC.C=C(C)CCC(C)C.C=CC.C=CC(=C)C(C)CCCCC.C=S. The number of rotatable bonds is 14. The van der Waals surface area contributed by atoms with E-state index < -0.39 is 0 Å². The number of thiocarbonyl (C=S) groups is 1. The van der Waals surface area contributed by atoms with Crippen LogP contribution in [0.1, 0.15) is 127 Å². The number of hydrogen-bond acceptors (Lipinski definition) is 1. The monoisotopic (exact) mass is 492 g/mol. The summed E-state index contributed by atoms with van der Waals surface area (Å²) in [5, 5.41) is 0. The van der Waals surface area contributed by atoms with Crippen molar-refractivity contribution in [1.29, 1.82) is 0 Å². The van der Waals surface area contributed by atoms with E-state index >= 15 is 0 Å². The van der Waals surface area contributed by atoms with E-state index in [4.69, 9.17) is 0 Å². The fraction of sp³-hybridized carbons (Fsp3) is 0.667. The van der Waals surface area contributed by atoms with Crippen molar-refractivity contribution in [3.05, 3.63) is 61.8 Å². The molecule has 0 aromatic heterocycles. The minimum Gasteiger partial charge on any atom is -0.103 e. The second-order valence-electron chi connectivity index (χ2n) is 9.72. The van der Waals surface area contributed by atoms with Crippen LogP contribution in [0.15, 0.2) is 61.8 Å². The highest BCUT2D eigenvalue weighted by atomic mass is 32.1. The molecule has 0 aromatic rings. The summed E-state index contributed by atoms with van der Waals surface area (Å²) >= 11 is 3.83. The molecular weight excluding hydrogens is 428 g/mol. The third kappa shape index (κ3) is 48.3. The molecule has 0 aromatic carbocycles. The molecule has 0 nitrogen and oxygen atoms in total. The molecule has 0 heterocycles. The molecule has 0 saturated heterocycles. The van der Waals surface area contributed by atoms with Crippen molar-refractivity contribution in [2.75, 3.05) is 0 Å². The zero-order valence-corrected chi connectivity index (χ0v) is 25.9. The largest absolute Gasteiger partial charge is 0.103 e. The predicted octanol–water partition coefficient (Wildman–Crippen LogP) is 12.5. The lowest BCUT2D eigenvalue weighted by molar-refractivity contribution is 0.555. The van der Waals surface area contributed by atoms with Gasteiger partial charge >= 0.3 is 0 Å². The molecule has 0 saturated carbocycles. The van der Waals surface area contributed by atoms with Crippen LogP contribution in [0, 0.1) is 17.8 Å². The topological polar surface area (TPSA) is 0 Å². The van der Waals surface area contributed by atoms with E-state index in [1.165, 1.54) is 80.9 Å².